The number of aryl methyl sites for hydroxylation is 1. The van der Waals surface area contributed by atoms with Crippen molar-refractivity contribution in [1.29, 1.82) is 0 Å². The van der Waals surface area contributed by atoms with Crippen molar-refractivity contribution in [3.05, 3.63) is 58.4 Å². The Balaban J connectivity index is 1.30. The molecule has 0 bridgehead atoms. The number of anilines is 1. The van der Waals surface area contributed by atoms with E-state index in [0.29, 0.717) is 24.5 Å². The average molecular weight is 397 g/mol. The van der Waals surface area contributed by atoms with E-state index in [4.69, 9.17) is 5.73 Å². The van der Waals surface area contributed by atoms with Crippen LogP contribution in [0.4, 0.5) is 5.13 Å². The maximum Gasteiger partial charge on any atom is 0.220 e. The zero-order valence-electron chi connectivity index (χ0n) is 14.7. The summed E-state index contributed by atoms with van der Waals surface area (Å²) in [5.74, 6) is 0.0546. The van der Waals surface area contributed by atoms with Crippen LogP contribution in [-0.2, 0) is 17.6 Å². The molecule has 0 saturated heterocycles. The van der Waals surface area contributed by atoms with Gasteiger partial charge >= 0.3 is 0 Å². The van der Waals surface area contributed by atoms with Crippen molar-refractivity contribution in [3.8, 4) is 10.6 Å². The monoisotopic (exact) mass is 396 g/mol. The summed E-state index contributed by atoms with van der Waals surface area (Å²) in [5.41, 5.74) is 9.15. The summed E-state index contributed by atoms with van der Waals surface area (Å²) >= 11 is 3.10. The minimum atomic E-state index is 0.0546. The summed E-state index contributed by atoms with van der Waals surface area (Å²) < 4.78 is 0. The van der Waals surface area contributed by atoms with Crippen LogP contribution in [0.1, 0.15) is 16.9 Å². The highest BCUT2D eigenvalue weighted by Crippen LogP contribution is 2.33. The van der Waals surface area contributed by atoms with Gasteiger partial charge in [-0.1, -0.05) is 24.3 Å². The van der Waals surface area contributed by atoms with Crippen LogP contribution in [0.2, 0.25) is 0 Å². The maximum atomic E-state index is 12.2. The van der Waals surface area contributed by atoms with Crippen molar-refractivity contribution in [3.63, 3.8) is 0 Å². The lowest BCUT2D eigenvalue weighted by Gasteiger charge is -2.05. The lowest BCUT2D eigenvalue weighted by Crippen LogP contribution is -2.25. The van der Waals surface area contributed by atoms with E-state index in [1.54, 1.807) is 11.3 Å². The predicted molar refractivity (Wildman–Crippen MR) is 113 cm³/mol. The normalized spacial score (nSPS) is 11.1. The van der Waals surface area contributed by atoms with Crippen molar-refractivity contribution < 1.29 is 4.79 Å². The number of fused-ring (bicyclic) bond motifs is 1. The number of aromatic amines is 1. The second kappa shape index (κ2) is 7.94. The molecule has 0 aliphatic carbocycles. The molecule has 7 heteroatoms. The number of nitrogens with zero attached hydrogens (tertiary/aromatic N) is 1. The molecular formula is C20H20N4OS2. The van der Waals surface area contributed by atoms with Crippen LogP contribution in [0.5, 0.6) is 0 Å². The molecule has 0 aliphatic rings. The second-order valence-electron chi connectivity index (χ2n) is 6.26. The van der Waals surface area contributed by atoms with Gasteiger partial charge in [-0.15, -0.1) is 22.7 Å². The number of thiophene rings is 1. The molecule has 0 fully saturated rings. The molecule has 4 N–H and O–H groups in total. The Kier molecular flexibility index (Phi) is 5.22. The first-order chi connectivity index (χ1) is 13.2. The molecule has 4 rings (SSSR count). The lowest BCUT2D eigenvalue weighted by molar-refractivity contribution is -0.121. The summed E-state index contributed by atoms with van der Waals surface area (Å²) in [4.78, 5) is 22.1. The molecule has 5 nitrogen and oxygen atoms in total. The van der Waals surface area contributed by atoms with Gasteiger partial charge in [0.15, 0.2) is 5.13 Å². The van der Waals surface area contributed by atoms with Crippen molar-refractivity contribution in [2.45, 2.75) is 19.3 Å². The Bertz CT molecular complexity index is 1050. The second-order valence-corrected chi connectivity index (χ2v) is 8.32. The number of carbonyl (C=O) groups excluding carboxylic acids is 1. The van der Waals surface area contributed by atoms with Gasteiger partial charge in [-0.05, 0) is 35.9 Å². The van der Waals surface area contributed by atoms with Crippen molar-refractivity contribution in [1.82, 2.24) is 15.3 Å². The molecular weight excluding hydrogens is 376 g/mol. The number of thiazole rings is 1. The highest BCUT2D eigenvalue weighted by molar-refractivity contribution is 7.17. The van der Waals surface area contributed by atoms with Gasteiger partial charge in [0, 0.05) is 34.9 Å². The molecule has 3 aromatic heterocycles. The maximum absolute atomic E-state index is 12.2. The zero-order valence-corrected chi connectivity index (χ0v) is 16.3. The predicted octanol–water partition coefficient (Wildman–Crippen LogP) is 4.23. The van der Waals surface area contributed by atoms with Gasteiger partial charge < -0.3 is 16.0 Å². The molecule has 0 atom stereocenters. The number of para-hydroxylation sites is 1. The summed E-state index contributed by atoms with van der Waals surface area (Å²) in [5, 5.41) is 6.80. The van der Waals surface area contributed by atoms with E-state index in [-0.39, 0.29) is 5.91 Å². The van der Waals surface area contributed by atoms with Crippen LogP contribution in [0.25, 0.3) is 21.5 Å². The van der Waals surface area contributed by atoms with Crippen LogP contribution in [0.3, 0.4) is 0 Å². The molecule has 4 aromatic rings. The zero-order chi connectivity index (χ0) is 18.6. The number of benzene rings is 1. The topological polar surface area (TPSA) is 83.8 Å². The number of hydrogen-bond donors (Lipinski definition) is 3. The Morgan fingerprint density at radius 3 is 2.93 bits per heavy atom. The fourth-order valence-electron chi connectivity index (χ4n) is 3.14. The van der Waals surface area contributed by atoms with Gasteiger partial charge in [0.25, 0.3) is 0 Å². The van der Waals surface area contributed by atoms with Crippen LogP contribution in [0, 0.1) is 0 Å². The fourth-order valence-corrected chi connectivity index (χ4v) is 4.79. The number of rotatable bonds is 7. The van der Waals surface area contributed by atoms with E-state index in [1.165, 1.54) is 22.3 Å². The first-order valence-electron chi connectivity index (χ1n) is 8.81. The third-order valence-corrected chi connectivity index (χ3v) is 6.26. The number of nitrogens with one attached hydrogen (secondary N) is 2. The largest absolute Gasteiger partial charge is 0.375 e. The molecule has 0 spiro atoms. The van der Waals surface area contributed by atoms with Crippen LogP contribution in [-0.4, -0.2) is 22.4 Å². The molecule has 0 aliphatic heterocycles. The number of aromatic nitrogens is 2. The number of nitrogen functional groups attached to an aromatic ring is 1. The number of nitrogens with two attached hydrogens (primary N) is 1. The van der Waals surface area contributed by atoms with Crippen LogP contribution >= 0.6 is 22.7 Å². The van der Waals surface area contributed by atoms with Crippen LogP contribution < -0.4 is 11.1 Å². The van der Waals surface area contributed by atoms with Gasteiger partial charge in [0.1, 0.15) is 0 Å². The molecule has 0 saturated carbocycles. The highest BCUT2D eigenvalue weighted by Gasteiger charge is 2.14. The van der Waals surface area contributed by atoms with E-state index < -0.39 is 0 Å². The smallest absolute Gasteiger partial charge is 0.220 e. The van der Waals surface area contributed by atoms with Gasteiger partial charge in [0.05, 0.1) is 10.6 Å². The van der Waals surface area contributed by atoms with E-state index in [9.17, 15) is 4.79 Å². The molecule has 3 heterocycles. The first-order valence-corrected chi connectivity index (χ1v) is 10.5. The average Bonchev–Trinajstić information content (AvgIpc) is 3.40. The minimum Gasteiger partial charge on any atom is -0.375 e. The quantitative estimate of drug-likeness (QED) is 0.437. The number of hydrogen-bond acceptors (Lipinski definition) is 5. The standard InChI is InChI=1S/C20H20N4OS2/c21-20-24-19(16-6-3-11-26-16)17(27-20)7-8-18(25)22-10-9-13-12-23-15-5-2-1-4-14(13)15/h1-6,11-12,23H,7-10H2,(H2,21,24)(H,22,25). The Hall–Kier alpha value is -2.64. The van der Waals surface area contributed by atoms with E-state index in [2.05, 4.69) is 27.4 Å². The molecule has 1 aromatic carbocycles. The van der Waals surface area contributed by atoms with Gasteiger partial charge in [-0.3, -0.25) is 4.79 Å². The lowest BCUT2D eigenvalue weighted by atomic mass is 10.1. The molecule has 27 heavy (non-hydrogen) atoms. The first kappa shape index (κ1) is 17.8. The number of amides is 1. The molecule has 0 radical (unpaired) electrons. The minimum absolute atomic E-state index is 0.0546. The van der Waals surface area contributed by atoms with Crippen molar-refractivity contribution >= 4 is 44.6 Å². The number of carbonyl (C=O) groups is 1. The third-order valence-electron chi connectivity index (χ3n) is 4.44. The summed E-state index contributed by atoms with van der Waals surface area (Å²) in [7, 11) is 0. The highest BCUT2D eigenvalue weighted by atomic mass is 32.1. The number of H-pyrrole nitrogens is 1. The van der Waals surface area contributed by atoms with Gasteiger partial charge in [-0.25, -0.2) is 4.98 Å². The van der Waals surface area contributed by atoms with Crippen LogP contribution in [0.15, 0.2) is 48.0 Å². The third kappa shape index (κ3) is 4.04. The summed E-state index contributed by atoms with van der Waals surface area (Å²) in [6, 6.07) is 12.2. The van der Waals surface area contributed by atoms with Crippen molar-refractivity contribution in [2.24, 2.45) is 0 Å². The summed E-state index contributed by atoms with van der Waals surface area (Å²) in [6.07, 6.45) is 3.92. The van der Waals surface area contributed by atoms with E-state index in [1.807, 2.05) is 35.8 Å². The Morgan fingerprint density at radius 2 is 2.07 bits per heavy atom. The van der Waals surface area contributed by atoms with Gasteiger partial charge in [-0.2, -0.15) is 0 Å². The Morgan fingerprint density at radius 1 is 1.19 bits per heavy atom. The molecule has 1 amide bonds. The van der Waals surface area contributed by atoms with Gasteiger partial charge in [0.2, 0.25) is 5.91 Å². The molecule has 138 valence electrons. The summed E-state index contributed by atoms with van der Waals surface area (Å²) in [6.45, 7) is 0.628. The fraction of sp³-hybridized carbons (Fsp3) is 0.200. The van der Waals surface area contributed by atoms with E-state index >= 15 is 0 Å². The Labute approximate surface area is 165 Å². The van der Waals surface area contributed by atoms with Crippen molar-refractivity contribution in [2.75, 3.05) is 12.3 Å². The van der Waals surface area contributed by atoms with E-state index in [0.717, 1.165) is 27.4 Å². The SMILES string of the molecule is Nc1nc(-c2cccs2)c(CCC(=O)NCCc2c[nH]c3ccccc23)s1. The molecule has 0 unspecified atom stereocenters.